The molecule has 0 amide bonds. The Morgan fingerprint density at radius 2 is 2.05 bits per heavy atom. The summed E-state index contributed by atoms with van der Waals surface area (Å²) in [5.41, 5.74) is 3.27. The molecule has 1 aliphatic heterocycles. The SMILES string of the molecule is CC(C)(C)c1cc2c(cn1)ncn2C1CN(CCO)C1. The van der Waals surface area contributed by atoms with Crippen LogP contribution in [0.25, 0.3) is 11.0 Å². The van der Waals surface area contributed by atoms with Crippen molar-refractivity contribution in [3.05, 3.63) is 24.3 Å². The van der Waals surface area contributed by atoms with Gasteiger partial charge in [0, 0.05) is 30.7 Å². The van der Waals surface area contributed by atoms with E-state index in [-0.39, 0.29) is 12.0 Å². The zero-order valence-corrected chi connectivity index (χ0v) is 12.4. The third-order valence-electron chi connectivity index (χ3n) is 3.98. The van der Waals surface area contributed by atoms with E-state index in [9.17, 15) is 0 Å². The summed E-state index contributed by atoms with van der Waals surface area (Å²) in [5, 5.41) is 8.95. The molecule has 2 aromatic heterocycles. The molecular weight excluding hydrogens is 252 g/mol. The number of hydrogen-bond acceptors (Lipinski definition) is 4. The Bertz CT molecular complexity index is 608. The number of fused-ring (bicyclic) bond motifs is 1. The van der Waals surface area contributed by atoms with Crippen LogP contribution in [0, 0.1) is 0 Å². The summed E-state index contributed by atoms with van der Waals surface area (Å²) in [6.45, 7) is 9.49. The second-order valence-corrected chi connectivity index (χ2v) is 6.60. The van der Waals surface area contributed by atoms with E-state index in [1.165, 1.54) is 5.52 Å². The number of pyridine rings is 1. The summed E-state index contributed by atoms with van der Waals surface area (Å²) in [6, 6.07) is 2.62. The van der Waals surface area contributed by atoms with Crippen LogP contribution in [-0.4, -0.2) is 50.8 Å². The van der Waals surface area contributed by atoms with E-state index in [1.54, 1.807) is 0 Å². The summed E-state index contributed by atoms with van der Waals surface area (Å²) < 4.78 is 2.25. The lowest BCUT2D eigenvalue weighted by molar-refractivity contribution is 0.0858. The molecule has 20 heavy (non-hydrogen) atoms. The minimum Gasteiger partial charge on any atom is -0.395 e. The van der Waals surface area contributed by atoms with Gasteiger partial charge in [0.25, 0.3) is 0 Å². The Kier molecular flexibility index (Phi) is 3.26. The van der Waals surface area contributed by atoms with Crippen molar-refractivity contribution in [2.24, 2.45) is 0 Å². The fourth-order valence-electron chi connectivity index (χ4n) is 2.67. The summed E-state index contributed by atoms with van der Waals surface area (Å²) in [6.07, 6.45) is 3.79. The van der Waals surface area contributed by atoms with Crippen molar-refractivity contribution < 1.29 is 5.11 Å². The number of β-amino-alcohol motifs (C(OH)–C–C–N with tert-alkyl or cyclic N) is 1. The molecule has 1 fully saturated rings. The van der Waals surface area contributed by atoms with Gasteiger partial charge in [-0.05, 0) is 6.07 Å². The summed E-state index contributed by atoms with van der Waals surface area (Å²) in [7, 11) is 0. The Hall–Kier alpha value is -1.46. The van der Waals surface area contributed by atoms with Crippen LogP contribution in [0.1, 0.15) is 32.5 Å². The molecule has 1 N–H and O–H groups in total. The number of nitrogens with zero attached hydrogens (tertiary/aromatic N) is 4. The lowest BCUT2D eigenvalue weighted by atomic mass is 9.91. The van der Waals surface area contributed by atoms with Crippen molar-refractivity contribution in [3.8, 4) is 0 Å². The van der Waals surface area contributed by atoms with Crippen molar-refractivity contribution in [3.63, 3.8) is 0 Å². The van der Waals surface area contributed by atoms with Gasteiger partial charge in [0.2, 0.25) is 0 Å². The maximum atomic E-state index is 8.95. The number of hydrogen-bond donors (Lipinski definition) is 1. The van der Waals surface area contributed by atoms with Crippen LogP contribution in [0.5, 0.6) is 0 Å². The van der Waals surface area contributed by atoms with Crippen LogP contribution in [0.2, 0.25) is 0 Å². The smallest absolute Gasteiger partial charge is 0.107 e. The highest BCUT2D eigenvalue weighted by molar-refractivity contribution is 5.75. The van der Waals surface area contributed by atoms with Gasteiger partial charge in [0.05, 0.1) is 30.7 Å². The highest BCUT2D eigenvalue weighted by atomic mass is 16.3. The number of aromatic nitrogens is 3. The second-order valence-electron chi connectivity index (χ2n) is 6.60. The zero-order chi connectivity index (χ0) is 14.3. The third kappa shape index (κ3) is 2.31. The first-order valence-corrected chi connectivity index (χ1v) is 7.15. The molecule has 0 aliphatic carbocycles. The van der Waals surface area contributed by atoms with E-state index < -0.39 is 0 Å². The van der Waals surface area contributed by atoms with Crippen LogP contribution in [0.3, 0.4) is 0 Å². The minimum absolute atomic E-state index is 0.0474. The number of aliphatic hydroxyl groups excluding tert-OH is 1. The molecule has 1 aliphatic rings. The van der Waals surface area contributed by atoms with E-state index in [2.05, 4.69) is 46.3 Å². The Labute approximate surface area is 119 Å². The van der Waals surface area contributed by atoms with Crippen LogP contribution in [0.15, 0.2) is 18.6 Å². The van der Waals surface area contributed by atoms with E-state index in [1.807, 2.05) is 12.5 Å². The largest absolute Gasteiger partial charge is 0.395 e. The number of aliphatic hydroxyl groups is 1. The maximum absolute atomic E-state index is 8.95. The molecule has 2 aromatic rings. The number of likely N-dealkylation sites (tertiary alicyclic amines) is 1. The van der Waals surface area contributed by atoms with Gasteiger partial charge >= 0.3 is 0 Å². The minimum atomic E-state index is 0.0474. The van der Waals surface area contributed by atoms with Crippen LogP contribution < -0.4 is 0 Å². The molecule has 0 atom stereocenters. The van der Waals surface area contributed by atoms with Crippen LogP contribution >= 0.6 is 0 Å². The first-order valence-electron chi connectivity index (χ1n) is 7.15. The van der Waals surface area contributed by atoms with Gasteiger partial charge in [-0.1, -0.05) is 20.8 Å². The lowest BCUT2D eigenvalue weighted by Crippen LogP contribution is -2.48. The quantitative estimate of drug-likeness (QED) is 0.923. The van der Waals surface area contributed by atoms with E-state index in [0.29, 0.717) is 6.04 Å². The van der Waals surface area contributed by atoms with Gasteiger partial charge in [-0.2, -0.15) is 0 Å². The van der Waals surface area contributed by atoms with Crippen molar-refractivity contribution in [2.75, 3.05) is 26.2 Å². The zero-order valence-electron chi connectivity index (χ0n) is 12.4. The predicted octanol–water partition coefficient (Wildman–Crippen LogP) is 1.58. The van der Waals surface area contributed by atoms with E-state index >= 15 is 0 Å². The molecule has 3 rings (SSSR count). The Morgan fingerprint density at radius 3 is 2.70 bits per heavy atom. The normalized spacial score (nSPS) is 17.6. The van der Waals surface area contributed by atoms with Crippen molar-refractivity contribution in [2.45, 2.75) is 32.2 Å². The Balaban J connectivity index is 1.89. The van der Waals surface area contributed by atoms with Crippen molar-refractivity contribution in [1.29, 1.82) is 0 Å². The molecule has 3 heterocycles. The predicted molar refractivity (Wildman–Crippen MR) is 78.8 cm³/mol. The average Bonchev–Trinajstić information content (AvgIpc) is 2.75. The molecule has 0 unspecified atom stereocenters. The van der Waals surface area contributed by atoms with Crippen molar-refractivity contribution >= 4 is 11.0 Å². The molecule has 0 radical (unpaired) electrons. The molecule has 0 spiro atoms. The highest BCUT2D eigenvalue weighted by Crippen LogP contribution is 2.28. The van der Waals surface area contributed by atoms with E-state index in [4.69, 9.17) is 5.11 Å². The van der Waals surface area contributed by atoms with Gasteiger partial charge in [0.15, 0.2) is 0 Å². The monoisotopic (exact) mass is 274 g/mol. The first kappa shape index (κ1) is 13.5. The van der Waals surface area contributed by atoms with Crippen LogP contribution in [-0.2, 0) is 5.41 Å². The summed E-state index contributed by atoms with van der Waals surface area (Å²) >= 11 is 0. The topological polar surface area (TPSA) is 54.2 Å². The lowest BCUT2D eigenvalue weighted by Gasteiger charge is -2.39. The number of imidazole rings is 1. The molecule has 5 heteroatoms. The van der Waals surface area contributed by atoms with Gasteiger partial charge in [-0.25, -0.2) is 4.98 Å². The highest BCUT2D eigenvalue weighted by Gasteiger charge is 2.28. The van der Waals surface area contributed by atoms with Gasteiger partial charge < -0.3 is 9.67 Å². The fraction of sp³-hybridized carbons (Fsp3) is 0.600. The van der Waals surface area contributed by atoms with Gasteiger partial charge in [-0.3, -0.25) is 9.88 Å². The summed E-state index contributed by atoms with van der Waals surface area (Å²) in [5.74, 6) is 0. The molecule has 108 valence electrons. The molecule has 0 saturated carbocycles. The Morgan fingerprint density at radius 1 is 1.30 bits per heavy atom. The molecule has 0 bridgehead atoms. The van der Waals surface area contributed by atoms with Gasteiger partial charge in [0.1, 0.15) is 5.52 Å². The molecule has 1 saturated heterocycles. The average molecular weight is 274 g/mol. The third-order valence-corrected chi connectivity index (χ3v) is 3.98. The molecule has 0 aromatic carbocycles. The standard InChI is InChI=1S/C15H22N4O/c1-15(2,3)14-6-13-12(7-16-14)17-10-19(13)11-8-18(9-11)4-5-20/h6-7,10-11,20H,4-5,8-9H2,1-3H3. The summed E-state index contributed by atoms with van der Waals surface area (Å²) in [4.78, 5) is 11.2. The maximum Gasteiger partial charge on any atom is 0.107 e. The van der Waals surface area contributed by atoms with Gasteiger partial charge in [-0.15, -0.1) is 0 Å². The molecular formula is C15H22N4O. The van der Waals surface area contributed by atoms with E-state index in [0.717, 1.165) is 30.8 Å². The van der Waals surface area contributed by atoms with Crippen LogP contribution in [0.4, 0.5) is 0 Å². The molecule has 5 nitrogen and oxygen atoms in total. The van der Waals surface area contributed by atoms with Crippen molar-refractivity contribution in [1.82, 2.24) is 19.4 Å². The first-order chi connectivity index (χ1) is 9.49. The number of rotatable bonds is 3. The fourth-order valence-corrected chi connectivity index (χ4v) is 2.67. The second kappa shape index (κ2) is 4.82.